The van der Waals surface area contributed by atoms with Gasteiger partial charge in [-0.05, 0) is 6.07 Å². The monoisotopic (exact) mass is 273 g/mol. The third kappa shape index (κ3) is 1.59. The fourth-order valence-corrected chi connectivity index (χ4v) is 2.87. The average molecular weight is 274 g/mol. The Morgan fingerprint density at radius 2 is 2.16 bits per heavy atom. The van der Waals surface area contributed by atoms with Crippen molar-refractivity contribution in [3.05, 3.63) is 34.6 Å². The van der Waals surface area contributed by atoms with Crippen molar-refractivity contribution in [3.63, 3.8) is 0 Å². The van der Waals surface area contributed by atoms with Gasteiger partial charge in [0.05, 0.1) is 28.1 Å². The SMILES string of the molecule is Clc1ccc(-c2[nH]nc3c2CNCC3)c2cn[nH]c12. The molecule has 19 heavy (non-hydrogen) atoms. The van der Waals surface area contributed by atoms with Crippen LogP contribution in [0.15, 0.2) is 18.3 Å². The van der Waals surface area contributed by atoms with E-state index in [2.05, 4.69) is 25.7 Å². The number of hydrogen-bond donors (Lipinski definition) is 3. The molecule has 5 nitrogen and oxygen atoms in total. The highest BCUT2D eigenvalue weighted by atomic mass is 35.5. The van der Waals surface area contributed by atoms with E-state index in [-0.39, 0.29) is 0 Å². The molecule has 0 radical (unpaired) electrons. The number of aromatic nitrogens is 4. The standard InChI is InChI=1S/C13H12ClN5/c14-10-2-1-7(8-6-16-18-13(8)10)12-9-5-15-4-3-11(9)17-19-12/h1-2,6,15H,3-5H2,(H,16,18)(H,17,19). The molecule has 0 atom stereocenters. The van der Waals surface area contributed by atoms with E-state index in [4.69, 9.17) is 11.6 Å². The lowest BCUT2D eigenvalue weighted by Crippen LogP contribution is -2.23. The summed E-state index contributed by atoms with van der Waals surface area (Å²) in [5.74, 6) is 0. The zero-order valence-electron chi connectivity index (χ0n) is 10.1. The fourth-order valence-electron chi connectivity index (χ4n) is 2.66. The van der Waals surface area contributed by atoms with Gasteiger partial charge in [0, 0.05) is 36.0 Å². The summed E-state index contributed by atoms with van der Waals surface area (Å²) in [5, 5.41) is 19.7. The van der Waals surface area contributed by atoms with E-state index in [0.717, 1.165) is 47.4 Å². The Morgan fingerprint density at radius 3 is 3.11 bits per heavy atom. The quantitative estimate of drug-likeness (QED) is 0.637. The predicted molar refractivity (Wildman–Crippen MR) is 74.1 cm³/mol. The van der Waals surface area contributed by atoms with Gasteiger partial charge in [0.15, 0.2) is 0 Å². The maximum Gasteiger partial charge on any atom is 0.0843 e. The number of halogens is 1. The van der Waals surface area contributed by atoms with Crippen molar-refractivity contribution in [1.29, 1.82) is 0 Å². The molecule has 0 aliphatic carbocycles. The van der Waals surface area contributed by atoms with Gasteiger partial charge in [-0.1, -0.05) is 17.7 Å². The van der Waals surface area contributed by atoms with Gasteiger partial charge in [0.1, 0.15) is 0 Å². The zero-order valence-corrected chi connectivity index (χ0v) is 10.9. The summed E-state index contributed by atoms with van der Waals surface area (Å²) < 4.78 is 0. The minimum absolute atomic E-state index is 0.683. The Balaban J connectivity index is 1.98. The van der Waals surface area contributed by atoms with Crippen molar-refractivity contribution in [2.45, 2.75) is 13.0 Å². The lowest BCUT2D eigenvalue weighted by Gasteiger charge is -2.13. The van der Waals surface area contributed by atoms with Crippen LogP contribution in [-0.4, -0.2) is 26.9 Å². The van der Waals surface area contributed by atoms with Gasteiger partial charge >= 0.3 is 0 Å². The molecule has 0 saturated carbocycles. The maximum absolute atomic E-state index is 6.17. The number of rotatable bonds is 1. The van der Waals surface area contributed by atoms with Gasteiger partial charge in [-0.25, -0.2) is 0 Å². The number of hydrogen-bond acceptors (Lipinski definition) is 3. The Kier molecular flexibility index (Phi) is 2.36. The fraction of sp³-hybridized carbons (Fsp3) is 0.231. The second-order valence-electron chi connectivity index (χ2n) is 4.70. The van der Waals surface area contributed by atoms with Crippen LogP contribution >= 0.6 is 11.6 Å². The molecule has 0 amide bonds. The number of nitrogens with one attached hydrogen (secondary N) is 3. The zero-order chi connectivity index (χ0) is 12.8. The Bertz CT molecular complexity index is 758. The first-order valence-corrected chi connectivity index (χ1v) is 6.61. The topological polar surface area (TPSA) is 69.4 Å². The van der Waals surface area contributed by atoms with Crippen LogP contribution in [0.3, 0.4) is 0 Å². The molecule has 1 aromatic carbocycles. The molecule has 2 aromatic heterocycles. The van der Waals surface area contributed by atoms with E-state index in [1.54, 1.807) is 6.20 Å². The normalized spacial score (nSPS) is 14.8. The third-order valence-electron chi connectivity index (χ3n) is 3.63. The van der Waals surface area contributed by atoms with E-state index in [1.165, 1.54) is 5.56 Å². The van der Waals surface area contributed by atoms with Crippen molar-refractivity contribution in [1.82, 2.24) is 25.7 Å². The molecule has 4 rings (SSSR count). The first-order chi connectivity index (χ1) is 9.34. The van der Waals surface area contributed by atoms with Crippen LogP contribution < -0.4 is 5.32 Å². The molecule has 0 saturated heterocycles. The van der Waals surface area contributed by atoms with Crippen LogP contribution in [0.4, 0.5) is 0 Å². The van der Waals surface area contributed by atoms with Gasteiger partial charge in [0.2, 0.25) is 0 Å². The van der Waals surface area contributed by atoms with Gasteiger partial charge in [-0.3, -0.25) is 10.2 Å². The molecule has 3 aromatic rings. The van der Waals surface area contributed by atoms with E-state index in [0.29, 0.717) is 5.02 Å². The summed E-state index contributed by atoms with van der Waals surface area (Å²) >= 11 is 6.17. The molecular weight excluding hydrogens is 262 g/mol. The predicted octanol–water partition coefficient (Wildman–Crippen LogP) is 2.25. The van der Waals surface area contributed by atoms with E-state index in [9.17, 15) is 0 Å². The highest BCUT2D eigenvalue weighted by Crippen LogP contribution is 2.33. The molecule has 0 fully saturated rings. The number of nitrogens with zero attached hydrogens (tertiary/aromatic N) is 2. The minimum atomic E-state index is 0.683. The molecule has 0 bridgehead atoms. The first-order valence-electron chi connectivity index (χ1n) is 6.23. The number of aromatic amines is 2. The second kappa shape index (κ2) is 4.08. The molecule has 1 aliphatic heterocycles. The van der Waals surface area contributed by atoms with Crippen molar-refractivity contribution >= 4 is 22.5 Å². The van der Waals surface area contributed by atoms with Crippen LogP contribution in [0.2, 0.25) is 5.02 Å². The minimum Gasteiger partial charge on any atom is -0.312 e. The number of benzene rings is 1. The van der Waals surface area contributed by atoms with E-state index >= 15 is 0 Å². The Labute approximate surface area is 114 Å². The average Bonchev–Trinajstić information content (AvgIpc) is 3.06. The van der Waals surface area contributed by atoms with E-state index in [1.807, 2.05) is 12.1 Å². The molecule has 0 spiro atoms. The summed E-state index contributed by atoms with van der Waals surface area (Å²) in [4.78, 5) is 0. The van der Waals surface area contributed by atoms with E-state index < -0.39 is 0 Å². The maximum atomic E-state index is 6.17. The molecule has 6 heteroatoms. The van der Waals surface area contributed by atoms with Crippen molar-refractivity contribution < 1.29 is 0 Å². The summed E-state index contributed by atoms with van der Waals surface area (Å²) in [6.45, 7) is 1.84. The Morgan fingerprint density at radius 1 is 1.21 bits per heavy atom. The van der Waals surface area contributed by atoms with Gasteiger partial charge in [-0.2, -0.15) is 10.2 Å². The van der Waals surface area contributed by atoms with Crippen LogP contribution in [0.1, 0.15) is 11.3 Å². The third-order valence-corrected chi connectivity index (χ3v) is 3.94. The lowest BCUT2D eigenvalue weighted by molar-refractivity contribution is 0.637. The summed E-state index contributed by atoms with van der Waals surface area (Å²) in [5.41, 5.74) is 5.42. The highest BCUT2D eigenvalue weighted by molar-refractivity contribution is 6.35. The van der Waals surface area contributed by atoms with Crippen molar-refractivity contribution in [2.75, 3.05) is 6.54 Å². The van der Waals surface area contributed by atoms with Gasteiger partial charge < -0.3 is 5.32 Å². The van der Waals surface area contributed by atoms with Crippen molar-refractivity contribution in [3.8, 4) is 11.3 Å². The first kappa shape index (κ1) is 11.0. The molecule has 96 valence electrons. The van der Waals surface area contributed by atoms with Gasteiger partial charge in [-0.15, -0.1) is 0 Å². The molecule has 3 N–H and O–H groups in total. The summed E-state index contributed by atoms with van der Waals surface area (Å²) in [7, 11) is 0. The van der Waals surface area contributed by atoms with Crippen LogP contribution in [0.25, 0.3) is 22.2 Å². The summed E-state index contributed by atoms with van der Waals surface area (Å²) in [6, 6.07) is 3.91. The summed E-state index contributed by atoms with van der Waals surface area (Å²) in [6.07, 6.45) is 2.77. The molecular formula is C13H12ClN5. The highest BCUT2D eigenvalue weighted by Gasteiger charge is 2.19. The molecule has 0 unspecified atom stereocenters. The van der Waals surface area contributed by atoms with Crippen LogP contribution in [0, 0.1) is 0 Å². The van der Waals surface area contributed by atoms with Gasteiger partial charge in [0.25, 0.3) is 0 Å². The molecule has 1 aliphatic rings. The van der Waals surface area contributed by atoms with Crippen LogP contribution in [-0.2, 0) is 13.0 Å². The second-order valence-corrected chi connectivity index (χ2v) is 5.11. The smallest absolute Gasteiger partial charge is 0.0843 e. The van der Waals surface area contributed by atoms with Crippen molar-refractivity contribution in [2.24, 2.45) is 0 Å². The largest absolute Gasteiger partial charge is 0.312 e. The molecule has 3 heterocycles. The number of fused-ring (bicyclic) bond motifs is 2. The Hall–Kier alpha value is -1.85. The van der Waals surface area contributed by atoms with Crippen LogP contribution in [0.5, 0.6) is 0 Å². The lowest BCUT2D eigenvalue weighted by atomic mass is 10.00. The number of H-pyrrole nitrogens is 2.